The Bertz CT molecular complexity index is 586. The summed E-state index contributed by atoms with van der Waals surface area (Å²) < 4.78 is 0. The zero-order chi connectivity index (χ0) is 16.3. The van der Waals surface area contributed by atoms with Crippen LogP contribution in [0.1, 0.15) is 30.9 Å². The molecule has 120 valence electrons. The Labute approximate surface area is 130 Å². The molecule has 22 heavy (non-hydrogen) atoms. The number of carbonyl (C=O) groups excluding carboxylic acids is 1. The molecule has 6 heteroatoms. The second-order valence-electron chi connectivity index (χ2n) is 6.39. The molecule has 1 aromatic carbocycles. The van der Waals surface area contributed by atoms with E-state index in [-0.39, 0.29) is 11.6 Å². The molecule has 0 saturated carbocycles. The van der Waals surface area contributed by atoms with Crippen LogP contribution in [-0.4, -0.2) is 30.5 Å². The molecule has 1 heterocycles. The molecule has 2 rings (SSSR count). The Hall–Kier alpha value is -1.95. The molecule has 1 aliphatic heterocycles. The first-order valence-corrected chi connectivity index (χ1v) is 7.76. The predicted octanol–water partition coefficient (Wildman–Crippen LogP) is 1.46. The predicted molar refractivity (Wildman–Crippen MR) is 85.2 cm³/mol. The molecule has 1 unspecified atom stereocenters. The highest BCUT2D eigenvalue weighted by Crippen LogP contribution is 2.27. The average molecular weight is 306 g/mol. The summed E-state index contributed by atoms with van der Waals surface area (Å²) in [6.45, 7) is 8.26. The minimum atomic E-state index is -0.447. The second-order valence-corrected chi connectivity index (χ2v) is 6.39. The van der Waals surface area contributed by atoms with Crippen molar-refractivity contribution in [2.75, 3.05) is 25.0 Å². The van der Waals surface area contributed by atoms with E-state index >= 15 is 0 Å². The van der Waals surface area contributed by atoms with Crippen molar-refractivity contribution in [3.63, 3.8) is 0 Å². The van der Waals surface area contributed by atoms with Crippen LogP contribution in [0.3, 0.4) is 0 Å². The maximum absolute atomic E-state index is 12.2. The third kappa shape index (κ3) is 4.04. The van der Waals surface area contributed by atoms with Crippen molar-refractivity contribution < 1.29 is 14.6 Å². The molecule has 1 fully saturated rings. The van der Waals surface area contributed by atoms with E-state index in [0.29, 0.717) is 18.2 Å². The van der Waals surface area contributed by atoms with E-state index in [1.807, 2.05) is 13.8 Å². The zero-order valence-electron chi connectivity index (χ0n) is 13.4. The summed E-state index contributed by atoms with van der Waals surface area (Å²) in [4.78, 5) is 24.2. The summed E-state index contributed by atoms with van der Waals surface area (Å²) in [6, 6.07) is 3.19. The van der Waals surface area contributed by atoms with Crippen LogP contribution < -0.4 is 10.2 Å². The Morgan fingerprint density at radius 1 is 1.41 bits per heavy atom. The number of nitro benzene ring substituents is 1. The van der Waals surface area contributed by atoms with Crippen molar-refractivity contribution in [1.82, 2.24) is 0 Å². The van der Waals surface area contributed by atoms with E-state index in [4.69, 9.17) is 0 Å². The quantitative estimate of drug-likeness (QED) is 0.653. The first kappa shape index (κ1) is 16.4. The van der Waals surface area contributed by atoms with E-state index in [1.54, 1.807) is 6.07 Å². The van der Waals surface area contributed by atoms with Crippen LogP contribution in [0.2, 0.25) is 0 Å². The van der Waals surface area contributed by atoms with Crippen LogP contribution in [0, 0.1) is 29.9 Å². The molecule has 2 atom stereocenters. The fourth-order valence-electron chi connectivity index (χ4n) is 3.03. The molecule has 0 radical (unpaired) electrons. The normalized spacial score (nSPS) is 21.4. The van der Waals surface area contributed by atoms with Gasteiger partial charge in [0.25, 0.3) is 11.6 Å². The number of likely N-dealkylation sites (tertiary alicyclic amines) is 1. The van der Waals surface area contributed by atoms with Gasteiger partial charge in [-0.05, 0) is 43.9 Å². The molecule has 2 N–H and O–H groups in total. The number of anilines is 1. The third-order valence-corrected chi connectivity index (χ3v) is 4.36. The van der Waals surface area contributed by atoms with Gasteiger partial charge in [0.2, 0.25) is 0 Å². The van der Waals surface area contributed by atoms with Crippen molar-refractivity contribution >= 4 is 17.3 Å². The Balaban J connectivity index is 2.07. The van der Waals surface area contributed by atoms with Crippen LogP contribution in [-0.2, 0) is 4.79 Å². The van der Waals surface area contributed by atoms with Gasteiger partial charge < -0.3 is 10.2 Å². The lowest BCUT2D eigenvalue weighted by molar-refractivity contribution is -0.900. The number of benzene rings is 1. The molecule has 0 bridgehead atoms. The fraction of sp³-hybridized carbons (Fsp3) is 0.562. The van der Waals surface area contributed by atoms with Gasteiger partial charge in [-0.3, -0.25) is 14.9 Å². The minimum absolute atomic E-state index is 0.0431. The van der Waals surface area contributed by atoms with Crippen molar-refractivity contribution in [3.8, 4) is 0 Å². The van der Waals surface area contributed by atoms with Crippen LogP contribution in [0.4, 0.5) is 11.4 Å². The molecular weight excluding hydrogens is 282 g/mol. The van der Waals surface area contributed by atoms with Crippen LogP contribution in [0.5, 0.6) is 0 Å². The van der Waals surface area contributed by atoms with E-state index in [0.717, 1.165) is 30.6 Å². The van der Waals surface area contributed by atoms with Gasteiger partial charge in [-0.1, -0.05) is 6.92 Å². The number of carbonyl (C=O) groups is 1. The van der Waals surface area contributed by atoms with Crippen molar-refractivity contribution in [3.05, 3.63) is 33.4 Å². The number of nitrogens with zero attached hydrogens (tertiary/aromatic N) is 1. The molecule has 0 aromatic heterocycles. The summed E-state index contributed by atoms with van der Waals surface area (Å²) >= 11 is 0. The van der Waals surface area contributed by atoms with E-state index in [2.05, 4.69) is 12.2 Å². The standard InChI is InChI=1S/C16H23N3O3/c1-11-5-4-6-18(9-11)10-16(20)17-14-7-12(2)13(3)8-15(14)19(21)22/h7-8,11H,4-6,9-10H2,1-3H3,(H,17,20)/p+1/t11-/m0/s1. The Morgan fingerprint density at radius 2 is 2.09 bits per heavy atom. The van der Waals surface area contributed by atoms with Gasteiger partial charge in [0.05, 0.1) is 18.0 Å². The highest BCUT2D eigenvalue weighted by atomic mass is 16.6. The van der Waals surface area contributed by atoms with E-state index in [1.165, 1.54) is 17.4 Å². The lowest BCUT2D eigenvalue weighted by atomic mass is 10.0. The number of nitrogens with one attached hydrogen (secondary N) is 2. The number of nitro groups is 1. The van der Waals surface area contributed by atoms with Crippen molar-refractivity contribution in [1.29, 1.82) is 0 Å². The Morgan fingerprint density at radius 3 is 2.73 bits per heavy atom. The van der Waals surface area contributed by atoms with Crippen LogP contribution in [0.25, 0.3) is 0 Å². The molecule has 1 saturated heterocycles. The summed E-state index contributed by atoms with van der Waals surface area (Å²) in [7, 11) is 0. The number of hydrogen-bond donors (Lipinski definition) is 2. The highest BCUT2D eigenvalue weighted by Gasteiger charge is 2.24. The number of quaternary nitrogens is 1. The van der Waals surface area contributed by atoms with Gasteiger partial charge in [0, 0.05) is 12.0 Å². The van der Waals surface area contributed by atoms with Crippen LogP contribution >= 0.6 is 0 Å². The summed E-state index contributed by atoms with van der Waals surface area (Å²) in [5.74, 6) is 0.475. The lowest BCUT2D eigenvalue weighted by Gasteiger charge is -2.27. The first-order chi connectivity index (χ1) is 10.4. The molecule has 1 aliphatic rings. The smallest absolute Gasteiger partial charge is 0.293 e. The molecule has 6 nitrogen and oxygen atoms in total. The number of amides is 1. The first-order valence-electron chi connectivity index (χ1n) is 7.76. The van der Waals surface area contributed by atoms with E-state index in [9.17, 15) is 14.9 Å². The summed E-state index contributed by atoms with van der Waals surface area (Å²) in [5.41, 5.74) is 2.03. The number of aryl methyl sites for hydroxylation is 2. The van der Waals surface area contributed by atoms with Gasteiger partial charge >= 0.3 is 0 Å². The number of rotatable bonds is 4. The minimum Gasteiger partial charge on any atom is -0.327 e. The molecule has 1 aromatic rings. The van der Waals surface area contributed by atoms with Gasteiger partial charge in [-0.2, -0.15) is 0 Å². The van der Waals surface area contributed by atoms with Crippen LogP contribution in [0.15, 0.2) is 12.1 Å². The maximum atomic E-state index is 12.2. The summed E-state index contributed by atoms with van der Waals surface area (Å²) in [6.07, 6.45) is 2.35. The largest absolute Gasteiger partial charge is 0.327 e. The molecule has 0 spiro atoms. The van der Waals surface area contributed by atoms with Crippen molar-refractivity contribution in [2.45, 2.75) is 33.6 Å². The van der Waals surface area contributed by atoms with Gasteiger partial charge in [-0.25, -0.2) is 0 Å². The Kier molecular flexibility index (Phi) is 5.13. The third-order valence-electron chi connectivity index (χ3n) is 4.36. The molecule has 0 aliphatic carbocycles. The SMILES string of the molecule is Cc1cc(NC(=O)C[NH+]2CCC[C@H](C)C2)c([N+](=O)[O-])cc1C. The summed E-state index contributed by atoms with van der Waals surface area (Å²) in [5, 5.41) is 13.9. The molecule has 1 amide bonds. The van der Waals surface area contributed by atoms with E-state index < -0.39 is 4.92 Å². The van der Waals surface area contributed by atoms with Crippen molar-refractivity contribution in [2.24, 2.45) is 5.92 Å². The lowest BCUT2D eigenvalue weighted by Crippen LogP contribution is -3.14. The fourth-order valence-corrected chi connectivity index (χ4v) is 3.03. The second kappa shape index (κ2) is 6.87. The highest BCUT2D eigenvalue weighted by molar-refractivity contribution is 5.94. The zero-order valence-corrected chi connectivity index (χ0v) is 13.4. The molecular formula is C16H24N3O3+. The number of hydrogen-bond acceptors (Lipinski definition) is 3. The van der Waals surface area contributed by atoms with Gasteiger partial charge in [0.15, 0.2) is 6.54 Å². The van der Waals surface area contributed by atoms with Gasteiger partial charge in [-0.15, -0.1) is 0 Å². The average Bonchev–Trinajstić information content (AvgIpc) is 2.42. The topological polar surface area (TPSA) is 76.7 Å². The maximum Gasteiger partial charge on any atom is 0.293 e. The number of piperidine rings is 1. The monoisotopic (exact) mass is 306 g/mol. The van der Waals surface area contributed by atoms with Gasteiger partial charge in [0.1, 0.15) is 5.69 Å².